The van der Waals surface area contributed by atoms with Gasteiger partial charge in [0.2, 0.25) is 0 Å². The first-order valence-corrected chi connectivity index (χ1v) is 8.87. The molecule has 5 heteroatoms. The summed E-state index contributed by atoms with van der Waals surface area (Å²) in [6, 6.07) is 19.2. The molecule has 0 aliphatic rings. The highest BCUT2D eigenvalue weighted by Gasteiger charge is 2.14. The van der Waals surface area contributed by atoms with Gasteiger partial charge in [0.15, 0.2) is 0 Å². The molecule has 1 N–H and O–H groups in total. The maximum atomic E-state index is 12.8. The van der Waals surface area contributed by atoms with Crippen molar-refractivity contribution in [1.82, 2.24) is 4.98 Å². The Kier molecular flexibility index (Phi) is 5.71. The van der Waals surface area contributed by atoms with Gasteiger partial charge in [0.25, 0.3) is 5.91 Å². The molecule has 1 heterocycles. The first-order valence-electron chi connectivity index (χ1n) is 8.87. The van der Waals surface area contributed by atoms with Crippen LogP contribution < -0.4 is 15.0 Å². The van der Waals surface area contributed by atoms with Crippen LogP contribution in [0.4, 0.5) is 17.2 Å². The molecule has 0 aliphatic heterocycles. The van der Waals surface area contributed by atoms with Crippen LogP contribution in [-0.2, 0) is 0 Å². The third-order valence-electron chi connectivity index (χ3n) is 4.27. The van der Waals surface area contributed by atoms with E-state index in [2.05, 4.69) is 22.1 Å². The maximum Gasteiger partial charge on any atom is 0.255 e. The Bertz CT molecular complexity index is 926. The van der Waals surface area contributed by atoms with Crippen molar-refractivity contribution in [2.75, 3.05) is 23.9 Å². The molecule has 138 valence electrons. The van der Waals surface area contributed by atoms with E-state index in [0.29, 0.717) is 17.0 Å². The third kappa shape index (κ3) is 4.26. The summed E-state index contributed by atoms with van der Waals surface area (Å²) in [5.41, 5.74) is 3.27. The number of methoxy groups -OCH3 is 1. The van der Waals surface area contributed by atoms with Crippen LogP contribution in [0.2, 0.25) is 0 Å². The number of rotatable bonds is 6. The van der Waals surface area contributed by atoms with Gasteiger partial charge in [0.05, 0.1) is 12.8 Å². The number of hydrogen-bond acceptors (Lipinski definition) is 4. The largest absolute Gasteiger partial charge is 0.495 e. The second kappa shape index (κ2) is 8.36. The Hall–Kier alpha value is -3.34. The number of para-hydroxylation sites is 1. The van der Waals surface area contributed by atoms with Crippen molar-refractivity contribution >= 4 is 23.1 Å². The highest BCUT2D eigenvalue weighted by molar-refractivity contribution is 6.05. The molecule has 0 spiro atoms. The van der Waals surface area contributed by atoms with Gasteiger partial charge in [-0.2, -0.15) is 0 Å². The summed E-state index contributed by atoms with van der Waals surface area (Å²) in [5.74, 6) is 1.15. The van der Waals surface area contributed by atoms with Crippen LogP contribution in [0, 0.1) is 6.92 Å². The Morgan fingerprint density at radius 1 is 1.11 bits per heavy atom. The van der Waals surface area contributed by atoms with E-state index in [1.165, 1.54) is 0 Å². The molecule has 0 radical (unpaired) electrons. The van der Waals surface area contributed by atoms with Gasteiger partial charge in [-0.1, -0.05) is 24.3 Å². The van der Waals surface area contributed by atoms with Crippen molar-refractivity contribution in [1.29, 1.82) is 0 Å². The van der Waals surface area contributed by atoms with E-state index in [-0.39, 0.29) is 5.91 Å². The molecule has 0 saturated carbocycles. The predicted octanol–water partition coefficient (Wildman–Crippen LogP) is 4.81. The van der Waals surface area contributed by atoms with Crippen molar-refractivity contribution < 1.29 is 9.53 Å². The Labute approximate surface area is 159 Å². The molecule has 0 saturated heterocycles. The number of benzene rings is 2. The molecule has 27 heavy (non-hydrogen) atoms. The average Bonchev–Trinajstić information content (AvgIpc) is 2.70. The fourth-order valence-electron chi connectivity index (χ4n) is 2.91. The number of nitrogens with zero attached hydrogens (tertiary/aromatic N) is 2. The number of hydrogen-bond donors (Lipinski definition) is 1. The zero-order chi connectivity index (χ0) is 19.2. The van der Waals surface area contributed by atoms with Gasteiger partial charge >= 0.3 is 0 Å². The summed E-state index contributed by atoms with van der Waals surface area (Å²) in [5, 5.41) is 2.93. The number of ether oxygens (including phenoxy) is 1. The van der Waals surface area contributed by atoms with Crippen molar-refractivity contribution in [3.8, 4) is 5.75 Å². The summed E-state index contributed by atoms with van der Waals surface area (Å²) in [6.07, 6.45) is 1.66. The van der Waals surface area contributed by atoms with Gasteiger partial charge in [0.1, 0.15) is 11.6 Å². The molecule has 3 aromatic rings. The van der Waals surface area contributed by atoms with Crippen LogP contribution in [0.25, 0.3) is 0 Å². The monoisotopic (exact) mass is 361 g/mol. The molecule has 1 amide bonds. The van der Waals surface area contributed by atoms with Crippen LogP contribution in [-0.4, -0.2) is 24.5 Å². The molecule has 5 nitrogen and oxygen atoms in total. The van der Waals surface area contributed by atoms with Crippen LogP contribution in [0.3, 0.4) is 0 Å². The van der Waals surface area contributed by atoms with Crippen LogP contribution in [0.15, 0.2) is 66.9 Å². The average molecular weight is 361 g/mol. The molecule has 0 bridgehead atoms. The maximum absolute atomic E-state index is 12.8. The van der Waals surface area contributed by atoms with Crippen molar-refractivity contribution in [2.24, 2.45) is 0 Å². The van der Waals surface area contributed by atoms with E-state index in [0.717, 1.165) is 23.6 Å². The number of anilines is 3. The number of pyridine rings is 1. The third-order valence-corrected chi connectivity index (χ3v) is 4.27. The molecule has 1 aromatic heterocycles. The van der Waals surface area contributed by atoms with E-state index in [9.17, 15) is 4.79 Å². The zero-order valence-electron chi connectivity index (χ0n) is 15.8. The van der Waals surface area contributed by atoms with Crippen LogP contribution in [0.5, 0.6) is 5.75 Å². The molecule has 0 fully saturated rings. The van der Waals surface area contributed by atoms with E-state index < -0.39 is 0 Å². The molecular formula is C22H23N3O2. The highest BCUT2D eigenvalue weighted by atomic mass is 16.5. The normalized spacial score (nSPS) is 10.3. The molecule has 3 rings (SSSR count). The summed E-state index contributed by atoms with van der Waals surface area (Å²) >= 11 is 0. The fraction of sp³-hybridized carbons (Fsp3) is 0.182. The number of nitrogens with one attached hydrogen (secondary N) is 1. The molecule has 0 atom stereocenters. The quantitative estimate of drug-likeness (QED) is 0.685. The zero-order valence-corrected chi connectivity index (χ0v) is 15.8. The first kappa shape index (κ1) is 18.5. The van der Waals surface area contributed by atoms with E-state index in [1.54, 1.807) is 25.4 Å². The minimum Gasteiger partial charge on any atom is -0.495 e. The standard InChI is InChI=1S/C22H23N3O2/c1-4-25(18-8-6-5-7-9-18)21-15-17(12-13-23-21)22(26)24-19-14-16(2)10-11-20(19)27-3/h5-15H,4H2,1-3H3,(H,24,26). The molecule has 0 unspecified atom stereocenters. The van der Waals surface area contributed by atoms with Crippen molar-refractivity contribution in [2.45, 2.75) is 13.8 Å². The fourth-order valence-corrected chi connectivity index (χ4v) is 2.91. The second-order valence-corrected chi connectivity index (χ2v) is 6.14. The van der Waals surface area contributed by atoms with Gasteiger partial charge in [-0.25, -0.2) is 4.98 Å². The molecule has 2 aromatic carbocycles. The predicted molar refractivity (Wildman–Crippen MR) is 109 cm³/mol. The number of carbonyl (C=O) groups is 1. The Morgan fingerprint density at radius 2 is 1.89 bits per heavy atom. The van der Waals surface area contributed by atoms with Crippen LogP contribution >= 0.6 is 0 Å². The van der Waals surface area contributed by atoms with E-state index >= 15 is 0 Å². The van der Waals surface area contributed by atoms with Crippen molar-refractivity contribution in [3.05, 3.63) is 78.0 Å². The topological polar surface area (TPSA) is 54.5 Å². The number of carbonyl (C=O) groups excluding carboxylic acids is 1. The van der Waals surface area contributed by atoms with Crippen molar-refractivity contribution in [3.63, 3.8) is 0 Å². The number of aryl methyl sites for hydroxylation is 1. The highest BCUT2D eigenvalue weighted by Crippen LogP contribution is 2.27. The van der Waals surface area contributed by atoms with Gasteiger partial charge < -0.3 is 15.0 Å². The Morgan fingerprint density at radius 3 is 2.59 bits per heavy atom. The summed E-state index contributed by atoms with van der Waals surface area (Å²) in [6.45, 7) is 4.77. The van der Waals surface area contributed by atoms with Gasteiger partial charge in [-0.15, -0.1) is 0 Å². The number of aromatic nitrogens is 1. The molecular weight excluding hydrogens is 338 g/mol. The lowest BCUT2D eigenvalue weighted by Crippen LogP contribution is -2.19. The Balaban J connectivity index is 1.87. The number of amides is 1. The van der Waals surface area contributed by atoms with E-state index in [1.807, 2.05) is 55.5 Å². The summed E-state index contributed by atoms with van der Waals surface area (Å²) in [7, 11) is 1.59. The lowest BCUT2D eigenvalue weighted by Gasteiger charge is -2.22. The lowest BCUT2D eigenvalue weighted by atomic mass is 10.2. The second-order valence-electron chi connectivity index (χ2n) is 6.14. The summed E-state index contributed by atoms with van der Waals surface area (Å²) in [4.78, 5) is 19.3. The van der Waals surface area contributed by atoms with Crippen LogP contribution in [0.1, 0.15) is 22.8 Å². The van der Waals surface area contributed by atoms with Gasteiger partial charge in [-0.3, -0.25) is 4.79 Å². The smallest absolute Gasteiger partial charge is 0.255 e. The molecule has 0 aliphatic carbocycles. The summed E-state index contributed by atoms with van der Waals surface area (Å²) < 4.78 is 5.34. The minimum absolute atomic E-state index is 0.202. The van der Waals surface area contributed by atoms with E-state index in [4.69, 9.17) is 4.74 Å². The minimum atomic E-state index is -0.202. The van der Waals surface area contributed by atoms with Gasteiger partial charge in [0, 0.05) is 24.0 Å². The lowest BCUT2D eigenvalue weighted by molar-refractivity contribution is 0.102. The van der Waals surface area contributed by atoms with Gasteiger partial charge in [-0.05, 0) is 55.8 Å². The first-order chi connectivity index (χ1) is 13.1. The SMILES string of the molecule is CCN(c1ccccc1)c1cc(C(=O)Nc2cc(C)ccc2OC)ccn1.